The Bertz CT molecular complexity index is 837. The molecule has 0 bridgehead atoms. The lowest BCUT2D eigenvalue weighted by atomic mass is 10.1. The molecule has 2 amide bonds. The first-order valence-electron chi connectivity index (χ1n) is 10.3. The fourth-order valence-corrected chi connectivity index (χ4v) is 6.31. The molecular weight excluding hydrogens is 419 g/mol. The maximum absolute atomic E-state index is 13.0. The van der Waals surface area contributed by atoms with Gasteiger partial charge in [0.25, 0.3) is 5.91 Å². The molecule has 7 heteroatoms. The van der Waals surface area contributed by atoms with Crippen LogP contribution in [0.5, 0.6) is 0 Å². The van der Waals surface area contributed by atoms with E-state index < -0.39 is 0 Å². The molecule has 160 valence electrons. The molecule has 0 aromatic heterocycles. The number of unbranched alkanes of at least 4 members (excludes halogenated alkanes) is 1. The molecule has 0 saturated carbocycles. The van der Waals surface area contributed by atoms with Gasteiger partial charge in [0.15, 0.2) is 0 Å². The summed E-state index contributed by atoms with van der Waals surface area (Å²) in [7, 11) is 3.94. The van der Waals surface area contributed by atoms with Gasteiger partial charge in [-0.05, 0) is 68.1 Å². The van der Waals surface area contributed by atoms with Crippen LogP contribution in [-0.2, 0) is 4.79 Å². The zero-order chi connectivity index (χ0) is 21.3. The van der Waals surface area contributed by atoms with Gasteiger partial charge in [0.1, 0.15) is 5.82 Å². The lowest BCUT2D eigenvalue weighted by molar-refractivity contribution is -0.121. The van der Waals surface area contributed by atoms with Crippen molar-refractivity contribution in [2.75, 3.05) is 11.1 Å². The van der Waals surface area contributed by atoms with Gasteiger partial charge in [-0.1, -0.05) is 40.1 Å². The molecule has 1 saturated heterocycles. The highest BCUT2D eigenvalue weighted by Crippen LogP contribution is 2.39. The highest BCUT2D eigenvalue weighted by molar-refractivity contribution is 8.77. The summed E-state index contributed by atoms with van der Waals surface area (Å²) < 4.78 is 13.0. The number of hydrogen-bond acceptors (Lipinski definition) is 4. The van der Waals surface area contributed by atoms with E-state index in [0.717, 1.165) is 23.7 Å². The first kappa shape index (κ1) is 22.7. The van der Waals surface area contributed by atoms with Crippen molar-refractivity contribution in [1.82, 2.24) is 5.32 Å². The van der Waals surface area contributed by atoms with Crippen molar-refractivity contribution in [2.45, 2.75) is 50.3 Å². The van der Waals surface area contributed by atoms with Crippen LogP contribution in [0.3, 0.4) is 0 Å². The zero-order valence-corrected chi connectivity index (χ0v) is 18.7. The largest absolute Gasteiger partial charge is 0.350 e. The lowest BCUT2D eigenvalue weighted by Crippen LogP contribution is -2.26. The Kier molecular flexibility index (Phi) is 8.63. The van der Waals surface area contributed by atoms with Crippen molar-refractivity contribution in [1.29, 1.82) is 0 Å². The Morgan fingerprint density at radius 2 is 1.83 bits per heavy atom. The third-order valence-electron chi connectivity index (χ3n) is 5.06. The minimum absolute atomic E-state index is 0.0737. The minimum Gasteiger partial charge on any atom is -0.350 e. The highest BCUT2D eigenvalue weighted by atomic mass is 33.1. The van der Waals surface area contributed by atoms with Crippen LogP contribution in [0.25, 0.3) is 0 Å². The molecule has 0 aliphatic carbocycles. The summed E-state index contributed by atoms with van der Waals surface area (Å²) >= 11 is 0. The van der Waals surface area contributed by atoms with Crippen molar-refractivity contribution >= 4 is 39.1 Å². The zero-order valence-electron chi connectivity index (χ0n) is 17.0. The third-order valence-corrected chi connectivity index (χ3v) is 8.07. The molecular formula is C23H27FN2O2S2. The summed E-state index contributed by atoms with van der Waals surface area (Å²) in [4.78, 5) is 24.4. The second kappa shape index (κ2) is 11.4. The van der Waals surface area contributed by atoms with E-state index in [1.165, 1.54) is 42.9 Å². The molecule has 2 N–H and O–H groups in total. The SMILES string of the molecule is CC(NC(=O)CCCCC1CCSS1)c1ccc(NC(=O)c2ccc(F)cc2)cc1. The summed E-state index contributed by atoms with van der Waals surface area (Å²) in [6, 6.07) is 12.7. The van der Waals surface area contributed by atoms with Gasteiger partial charge in [0.2, 0.25) is 5.91 Å². The smallest absolute Gasteiger partial charge is 0.255 e. The van der Waals surface area contributed by atoms with Gasteiger partial charge in [-0.3, -0.25) is 9.59 Å². The number of carbonyl (C=O) groups excluding carboxylic acids is 2. The van der Waals surface area contributed by atoms with Crippen molar-refractivity contribution in [3.05, 3.63) is 65.5 Å². The van der Waals surface area contributed by atoms with Gasteiger partial charge < -0.3 is 10.6 Å². The van der Waals surface area contributed by atoms with Crippen LogP contribution in [-0.4, -0.2) is 22.8 Å². The number of rotatable bonds is 9. The predicted octanol–water partition coefficient (Wildman–Crippen LogP) is 5.97. The first-order valence-corrected chi connectivity index (χ1v) is 12.6. The Morgan fingerprint density at radius 3 is 2.50 bits per heavy atom. The fourth-order valence-electron chi connectivity index (χ4n) is 3.28. The van der Waals surface area contributed by atoms with E-state index in [0.29, 0.717) is 17.7 Å². The summed E-state index contributed by atoms with van der Waals surface area (Å²) in [5.74, 6) is 0.657. The van der Waals surface area contributed by atoms with Crippen LogP contribution in [0.2, 0.25) is 0 Å². The van der Waals surface area contributed by atoms with E-state index in [-0.39, 0.29) is 23.7 Å². The van der Waals surface area contributed by atoms with Crippen molar-refractivity contribution in [3.63, 3.8) is 0 Å². The quantitative estimate of drug-likeness (QED) is 0.368. The summed E-state index contributed by atoms with van der Waals surface area (Å²) in [6.45, 7) is 1.95. The number of hydrogen-bond donors (Lipinski definition) is 2. The minimum atomic E-state index is -0.376. The highest BCUT2D eigenvalue weighted by Gasteiger charge is 2.16. The maximum Gasteiger partial charge on any atom is 0.255 e. The number of carbonyl (C=O) groups is 2. The fraction of sp³-hybridized carbons (Fsp3) is 0.391. The topological polar surface area (TPSA) is 58.2 Å². The molecule has 4 nitrogen and oxygen atoms in total. The van der Waals surface area contributed by atoms with E-state index in [9.17, 15) is 14.0 Å². The lowest BCUT2D eigenvalue weighted by Gasteiger charge is -2.15. The average Bonchev–Trinajstić information content (AvgIpc) is 3.26. The van der Waals surface area contributed by atoms with Gasteiger partial charge in [0.05, 0.1) is 6.04 Å². The van der Waals surface area contributed by atoms with Crippen LogP contribution in [0.4, 0.5) is 10.1 Å². The third kappa shape index (κ3) is 7.06. The van der Waals surface area contributed by atoms with Crippen LogP contribution in [0, 0.1) is 5.82 Å². The normalized spacial score (nSPS) is 16.8. The van der Waals surface area contributed by atoms with Crippen LogP contribution >= 0.6 is 21.6 Å². The number of halogens is 1. The predicted molar refractivity (Wildman–Crippen MR) is 124 cm³/mol. The van der Waals surface area contributed by atoms with Gasteiger partial charge >= 0.3 is 0 Å². The van der Waals surface area contributed by atoms with Gasteiger partial charge in [-0.15, -0.1) is 0 Å². The summed E-state index contributed by atoms with van der Waals surface area (Å²) in [5.41, 5.74) is 2.02. The van der Waals surface area contributed by atoms with Crippen LogP contribution < -0.4 is 10.6 Å². The maximum atomic E-state index is 13.0. The molecule has 2 unspecified atom stereocenters. The standard InChI is InChI=1S/C23H27FN2O2S2/c1-16(25-22(27)5-3-2-4-21-14-15-29-30-21)17-8-12-20(13-9-17)26-23(28)18-6-10-19(24)11-7-18/h6-13,16,21H,2-5,14-15H2,1H3,(H,25,27)(H,26,28). The second-order valence-corrected chi connectivity index (χ2v) is 10.2. The number of amides is 2. The summed E-state index contributed by atoms with van der Waals surface area (Å²) in [6.07, 6.45) is 5.07. The van der Waals surface area contributed by atoms with Crippen LogP contribution in [0.1, 0.15) is 61.0 Å². The Labute approximate surface area is 185 Å². The Morgan fingerprint density at radius 1 is 1.10 bits per heavy atom. The molecule has 2 aromatic rings. The molecule has 0 spiro atoms. The second-order valence-electron chi connectivity index (χ2n) is 7.45. The molecule has 2 aromatic carbocycles. The molecule has 1 aliphatic heterocycles. The van der Waals surface area contributed by atoms with Crippen molar-refractivity contribution < 1.29 is 14.0 Å². The van der Waals surface area contributed by atoms with E-state index in [2.05, 4.69) is 10.6 Å². The van der Waals surface area contributed by atoms with Crippen molar-refractivity contribution in [3.8, 4) is 0 Å². The molecule has 1 heterocycles. The monoisotopic (exact) mass is 446 g/mol. The molecule has 1 aliphatic rings. The molecule has 2 atom stereocenters. The molecule has 0 radical (unpaired) electrons. The van der Waals surface area contributed by atoms with Crippen LogP contribution in [0.15, 0.2) is 48.5 Å². The molecule has 1 fully saturated rings. The molecule has 30 heavy (non-hydrogen) atoms. The average molecular weight is 447 g/mol. The number of benzene rings is 2. The van der Waals surface area contributed by atoms with E-state index in [4.69, 9.17) is 0 Å². The number of nitrogens with one attached hydrogen (secondary N) is 2. The van der Waals surface area contributed by atoms with E-state index in [1.807, 2.05) is 40.6 Å². The van der Waals surface area contributed by atoms with Gasteiger partial charge in [-0.2, -0.15) is 0 Å². The Hall–Kier alpha value is -1.99. The number of anilines is 1. The van der Waals surface area contributed by atoms with Gasteiger partial charge in [-0.25, -0.2) is 4.39 Å². The van der Waals surface area contributed by atoms with Gasteiger partial charge in [0, 0.05) is 28.7 Å². The Balaban J connectivity index is 1.41. The first-order chi connectivity index (χ1) is 14.5. The van der Waals surface area contributed by atoms with E-state index in [1.54, 1.807) is 12.1 Å². The van der Waals surface area contributed by atoms with Crippen molar-refractivity contribution in [2.24, 2.45) is 0 Å². The summed E-state index contributed by atoms with van der Waals surface area (Å²) in [5, 5.41) is 6.60. The van der Waals surface area contributed by atoms with E-state index >= 15 is 0 Å². The molecule has 3 rings (SSSR count).